The Hall–Kier alpha value is -3.80. The Morgan fingerprint density at radius 2 is 2.02 bits per heavy atom. The fourth-order valence-corrected chi connectivity index (χ4v) is 4.82. The van der Waals surface area contributed by atoms with Gasteiger partial charge in [0.1, 0.15) is 6.10 Å². The molecule has 2 rings (SSSR count). The van der Waals surface area contributed by atoms with Gasteiger partial charge in [0.05, 0.1) is 30.5 Å². The van der Waals surface area contributed by atoms with Crippen LogP contribution in [0.3, 0.4) is 0 Å². The zero-order valence-corrected chi connectivity index (χ0v) is 24.6. The Bertz CT molecular complexity index is 1430. The van der Waals surface area contributed by atoms with Crippen LogP contribution in [0.1, 0.15) is 47.4 Å². The zero-order valence-electron chi connectivity index (χ0n) is 29.6. The average Bonchev–Trinajstić information content (AvgIpc) is 2.99. The molecule has 42 heavy (non-hydrogen) atoms. The summed E-state index contributed by atoms with van der Waals surface area (Å²) < 4.78 is 55.3. The first-order valence-corrected chi connectivity index (χ1v) is 13.4. The maximum Gasteiger partial charge on any atom is 0.405 e. The summed E-state index contributed by atoms with van der Waals surface area (Å²) in [5.41, 5.74) is 4.91. The number of carbonyl (C=O) groups is 4. The largest absolute Gasteiger partial charge is 0.439 e. The molecule has 0 aromatic rings. The summed E-state index contributed by atoms with van der Waals surface area (Å²) in [6.45, 7) is 2.60. The second kappa shape index (κ2) is 16.0. The number of hydrogen-bond acceptors (Lipinski definition) is 9. The molecule has 1 aliphatic heterocycles. The number of fused-ring (bicyclic) bond motifs is 2. The first-order valence-electron chi connectivity index (χ1n) is 15.9. The molecule has 2 amide bonds. The van der Waals surface area contributed by atoms with E-state index in [0.717, 1.165) is 6.08 Å². The van der Waals surface area contributed by atoms with Gasteiger partial charge in [-0.25, -0.2) is 4.79 Å². The smallest absolute Gasteiger partial charge is 0.405 e. The van der Waals surface area contributed by atoms with Gasteiger partial charge in [-0.05, 0) is 38.2 Å². The minimum absolute atomic E-state index is 0.121. The number of allylic oxidation sites excluding steroid dienone is 4. The fraction of sp³-hybridized carbons (Fsp3) is 0.484. The first kappa shape index (κ1) is 27.1. The molecule has 0 aromatic carbocycles. The number of Topliss-reactive ketones (excluding diaryl/α,β-unsaturated/α-hetero) is 1. The molecular weight excluding hydrogens is 542 g/mol. The molecule has 2 aliphatic rings. The molecule has 11 heteroatoms. The molecule has 11 nitrogen and oxygen atoms in total. The Morgan fingerprint density at radius 3 is 2.64 bits per heavy atom. The monoisotopic (exact) mass is 590 g/mol. The SMILES string of the molecule is [2H]C([2H])=C([2H])C([2H])([2H])NC1=C2C[C@@H](C)C[C@H](OC)[C@H](O)[C@@H](C)/C=C(/C)[C@H](OC(N)=O)[C@@H](OC)/C=C\C=C(\C)C(=O)NC(=CC1=O)C2=O. The molecule has 0 saturated heterocycles. The number of nitrogens with two attached hydrogens (primary N) is 1. The highest BCUT2D eigenvalue weighted by Gasteiger charge is 2.33. The maximum atomic E-state index is 13.7. The zero-order chi connectivity index (χ0) is 35.8. The van der Waals surface area contributed by atoms with E-state index in [-0.39, 0.29) is 29.7 Å². The molecule has 1 heterocycles. The van der Waals surface area contributed by atoms with Crippen molar-refractivity contribution >= 4 is 23.6 Å². The Labute approximate surface area is 254 Å². The normalized spacial score (nSPS) is 33.5. The van der Waals surface area contributed by atoms with E-state index in [1.54, 1.807) is 26.8 Å². The number of hydrogen-bond donors (Lipinski definition) is 4. The van der Waals surface area contributed by atoms with Crippen molar-refractivity contribution in [3.8, 4) is 0 Å². The van der Waals surface area contributed by atoms with Crippen LogP contribution in [0.2, 0.25) is 0 Å². The van der Waals surface area contributed by atoms with E-state index < -0.39 is 84.6 Å². The van der Waals surface area contributed by atoms with Crippen molar-refractivity contribution in [2.75, 3.05) is 20.7 Å². The van der Waals surface area contributed by atoms with Crippen molar-refractivity contribution in [2.24, 2.45) is 17.6 Å². The summed E-state index contributed by atoms with van der Waals surface area (Å²) in [6.07, 6.45) is 2.15. The number of aliphatic hydroxyl groups is 1. The van der Waals surface area contributed by atoms with Gasteiger partial charge in [-0.1, -0.05) is 44.2 Å². The van der Waals surface area contributed by atoms with Crippen LogP contribution in [0.5, 0.6) is 0 Å². The van der Waals surface area contributed by atoms with Gasteiger partial charge in [-0.2, -0.15) is 0 Å². The van der Waals surface area contributed by atoms with Crippen molar-refractivity contribution in [1.82, 2.24) is 10.6 Å². The van der Waals surface area contributed by atoms with Gasteiger partial charge < -0.3 is 35.7 Å². The van der Waals surface area contributed by atoms with Crippen molar-refractivity contribution in [3.63, 3.8) is 0 Å². The summed E-state index contributed by atoms with van der Waals surface area (Å²) >= 11 is 0. The lowest BCUT2D eigenvalue weighted by Crippen LogP contribution is -2.37. The van der Waals surface area contributed by atoms with Crippen molar-refractivity contribution in [3.05, 3.63) is 71.1 Å². The summed E-state index contributed by atoms with van der Waals surface area (Å²) in [7, 11) is 2.78. The van der Waals surface area contributed by atoms with E-state index in [0.29, 0.717) is 5.57 Å². The molecule has 2 bridgehead atoms. The summed E-state index contributed by atoms with van der Waals surface area (Å²) in [4.78, 5) is 51.9. The molecule has 6 atom stereocenters. The minimum atomic E-state index is -2.86. The van der Waals surface area contributed by atoms with E-state index in [9.17, 15) is 24.3 Å². The highest BCUT2D eigenvalue weighted by Crippen LogP contribution is 2.28. The predicted octanol–water partition coefficient (Wildman–Crippen LogP) is 2.54. The van der Waals surface area contributed by atoms with Crippen LogP contribution >= 0.6 is 0 Å². The van der Waals surface area contributed by atoms with Gasteiger partial charge in [-0.15, -0.1) is 6.53 Å². The molecule has 1 aliphatic carbocycles. The van der Waals surface area contributed by atoms with Crippen LogP contribution in [0.25, 0.3) is 0 Å². The van der Waals surface area contributed by atoms with Crippen LogP contribution in [0.4, 0.5) is 4.79 Å². The van der Waals surface area contributed by atoms with Crippen molar-refractivity contribution in [2.45, 2.75) is 65.0 Å². The minimum Gasteiger partial charge on any atom is -0.439 e. The standard InChI is InChI=1S/C31H43N3O8/c1-8-12-33-26-21-13-17(2)14-25(41-7)27(36)19(4)15-20(5)29(42-31(32)39)24(40-6)11-9-10-18(3)30(38)34-22(28(21)37)16-23(26)35/h8-11,15-17,19,24-25,27,29,33,36H,1,12-14H2,2-7H3,(H2,32,39)(H,34,38)/b11-9-,18-10-,20-15-/t17-,19+,24+,25+,27-,29+/m1/s1/i1D2,8D,12D2. The fourth-order valence-electron chi connectivity index (χ4n) is 4.82. The molecular formula is C31H43N3O8. The van der Waals surface area contributed by atoms with E-state index in [1.165, 1.54) is 39.4 Å². The average molecular weight is 591 g/mol. The summed E-state index contributed by atoms with van der Waals surface area (Å²) in [6, 6.07) is -1.06. The molecule has 0 unspecified atom stereocenters. The first-order chi connectivity index (χ1) is 21.8. The van der Waals surface area contributed by atoms with Gasteiger partial charge in [-0.3, -0.25) is 14.4 Å². The number of carbonyl (C=O) groups excluding carboxylic acids is 4. The molecule has 0 fully saturated rings. The number of aliphatic hydroxyl groups excluding tert-OH is 1. The van der Waals surface area contributed by atoms with Gasteiger partial charge >= 0.3 is 6.09 Å². The number of amides is 2. The molecule has 230 valence electrons. The quantitative estimate of drug-likeness (QED) is 0.269. The lowest BCUT2D eigenvalue weighted by Gasteiger charge is -2.30. The number of primary amides is 1. The van der Waals surface area contributed by atoms with Gasteiger partial charge in [0.15, 0.2) is 6.10 Å². The molecule has 0 spiro atoms. The van der Waals surface area contributed by atoms with Crippen LogP contribution < -0.4 is 16.4 Å². The Kier molecular flexibility index (Phi) is 10.3. The van der Waals surface area contributed by atoms with Gasteiger partial charge in [0, 0.05) is 43.9 Å². The summed E-state index contributed by atoms with van der Waals surface area (Å²) in [5, 5.41) is 15.9. The number of ether oxygens (including phenoxy) is 3. The second-order valence-electron chi connectivity index (χ2n) is 10.3. The van der Waals surface area contributed by atoms with Gasteiger partial charge in [0.2, 0.25) is 11.6 Å². The van der Waals surface area contributed by atoms with Crippen molar-refractivity contribution < 1.29 is 45.3 Å². The van der Waals surface area contributed by atoms with Crippen LogP contribution in [0.15, 0.2) is 71.1 Å². The number of rotatable bonds is 6. The third-order valence-electron chi connectivity index (χ3n) is 7.04. The van der Waals surface area contributed by atoms with E-state index in [4.69, 9.17) is 26.8 Å². The van der Waals surface area contributed by atoms with Gasteiger partial charge in [0.25, 0.3) is 5.91 Å². The Morgan fingerprint density at radius 1 is 1.31 bits per heavy atom. The van der Waals surface area contributed by atoms with E-state index in [1.807, 2.05) is 0 Å². The third kappa shape index (κ3) is 9.10. The van der Waals surface area contributed by atoms with E-state index in [2.05, 4.69) is 10.6 Å². The number of ketones is 2. The van der Waals surface area contributed by atoms with Crippen LogP contribution in [0, 0.1) is 11.8 Å². The molecule has 5 N–H and O–H groups in total. The number of methoxy groups -OCH3 is 2. The predicted molar refractivity (Wildman–Crippen MR) is 158 cm³/mol. The highest BCUT2D eigenvalue weighted by atomic mass is 16.6. The van der Waals surface area contributed by atoms with Crippen molar-refractivity contribution in [1.29, 1.82) is 0 Å². The summed E-state index contributed by atoms with van der Waals surface area (Å²) in [5.74, 6) is -3.41. The van der Waals surface area contributed by atoms with Crippen LogP contribution in [-0.2, 0) is 28.6 Å². The second-order valence-corrected chi connectivity index (χ2v) is 10.3. The lowest BCUT2D eigenvalue weighted by atomic mass is 9.85. The van der Waals surface area contributed by atoms with E-state index >= 15 is 0 Å². The molecule has 0 aromatic heterocycles. The maximum absolute atomic E-state index is 13.7. The topological polar surface area (TPSA) is 166 Å². The number of nitrogens with one attached hydrogen (secondary N) is 2. The molecule has 0 radical (unpaired) electrons. The lowest BCUT2D eigenvalue weighted by molar-refractivity contribution is -0.120. The highest BCUT2D eigenvalue weighted by molar-refractivity contribution is 6.23. The Balaban J connectivity index is 2.71. The molecule has 0 saturated carbocycles. The van der Waals surface area contributed by atoms with Crippen LogP contribution in [-0.4, -0.2) is 73.8 Å². The third-order valence-corrected chi connectivity index (χ3v) is 7.04.